The number of halogens is 1. The van der Waals surface area contributed by atoms with Crippen LogP contribution >= 0.6 is 0 Å². The summed E-state index contributed by atoms with van der Waals surface area (Å²) in [6.07, 6.45) is 4.40. The molecule has 0 bridgehead atoms. The molecule has 1 aromatic heterocycles. The molecule has 2 aromatic carbocycles. The Hall–Kier alpha value is -2.78. The first-order valence-corrected chi connectivity index (χ1v) is 13.3. The molecule has 0 spiro atoms. The van der Waals surface area contributed by atoms with Crippen molar-refractivity contribution < 1.29 is 17.3 Å². The standard InChI is InChI=1S/C25H29FN4O3S/c1-18-7-10-24(19-5-3-2-4-6-19)34(31,32)30(18)16-21-8-9-22(15-23(21)26)29-13-11-20(12-14-29)25-27-17-33-28-25/h2-6,8-9,15,17-18,20,24H,7,10-14,16H2,1H3/t18-,24?/m0/s1. The molecule has 2 saturated heterocycles. The van der Waals surface area contributed by atoms with Gasteiger partial charge in [0.25, 0.3) is 0 Å². The van der Waals surface area contributed by atoms with Crippen LogP contribution in [0, 0.1) is 5.82 Å². The van der Waals surface area contributed by atoms with Gasteiger partial charge < -0.3 is 9.42 Å². The molecule has 2 aliphatic rings. The van der Waals surface area contributed by atoms with Crippen LogP contribution in [0.15, 0.2) is 59.4 Å². The molecule has 180 valence electrons. The summed E-state index contributed by atoms with van der Waals surface area (Å²) in [5.74, 6) is 0.608. The highest BCUT2D eigenvalue weighted by Crippen LogP contribution is 2.38. The number of nitrogens with zero attached hydrogens (tertiary/aromatic N) is 4. The minimum atomic E-state index is -3.60. The molecule has 3 aromatic rings. The minimum absolute atomic E-state index is 0.0405. The van der Waals surface area contributed by atoms with Crippen molar-refractivity contribution in [1.29, 1.82) is 0 Å². The van der Waals surface area contributed by atoms with Gasteiger partial charge in [-0.1, -0.05) is 41.6 Å². The maximum absolute atomic E-state index is 15.2. The van der Waals surface area contributed by atoms with Gasteiger partial charge in [-0.05, 0) is 50.3 Å². The highest BCUT2D eigenvalue weighted by Gasteiger charge is 2.40. The largest absolute Gasteiger partial charge is 0.371 e. The monoisotopic (exact) mass is 484 g/mol. The van der Waals surface area contributed by atoms with Crippen molar-refractivity contribution in [2.75, 3.05) is 18.0 Å². The predicted molar refractivity (Wildman–Crippen MR) is 127 cm³/mol. The summed E-state index contributed by atoms with van der Waals surface area (Å²) >= 11 is 0. The summed E-state index contributed by atoms with van der Waals surface area (Å²) in [5.41, 5.74) is 2.00. The number of hydrogen-bond donors (Lipinski definition) is 0. The van der Waals surface area contributed by atoms with E-state index < -0.39 is 15.3 Å². The van der Waals surface area contributed by atoms with Gasteiger partial charge in [-0.3, -0.25) is 0 Å². The van der Waals surface area contributed by atoms with Crippen molar-refractivity contribution in [1.82, 2.24) is 14.4 Å². The molecule has 0 aliphatic carbocycles. The highest BCUT2D eigenvalue weighted by molar-refractivity contribution is 7.89. The number of benzene rings is 2. The fraction of sp³-hybridized carbons (Fsp3) is 0.440. The van der Waals surface area contributed by atoms with E-state index in [1.54, 1.807) is 6.07 Å². The van der Waals surface area contributed by atoms with Crippen LogP contribution in [-0.4, -0.2) is 42.0 Å². The van der Waals surface area contributed by atoms with Crippen LogP contribution in [0.25, 0.3) is 0 Å². The van der Waals surface area contributed by atoms with Gasteiger partial charge in [-0.25, -0.2) is 12.8 Å². The fourth-order valence-corrected chi connectivity index (χ4v) is 7.32. The van der Waals surface area contributed by atoms with Gasteiger partial charge in [0.2, 0.25) is 16.4 Å². The zero-order chi connectivity index (χ0) is 23.7. The van der Waals surface area contributed by atoms with Crippen molar-refractivity contribution in [2.45, 2.75) is 56.4 Å². The molecule has 9 heteroatoms. The third-order valence-corrected chi connectivity index (χ3v) is 9.53. The Morgan fingerprint density at radius 1 is 1.06 bits per heavy atom. The molecule has 2 aliphatic heterocycles. The second-order valence-electron chi connectivity index (χ2n) is 9.24. The molecule has 0 amide bonds. The third kappa shape index (κ3) is 4.46. The summed E-state index contributed by atoms with van der Waals surface area (Å²) < 4.78 is 48.4. The molecule has 2 atom stereocenters. The van der Waals surface area contributed by atoms with Gasteiger partial charge in [0.1, 0.15) is 11.1 Å². The molecule has 5 rings (SSSR count). The average molecular weight is 485 g/mol. The molecule has 2 fully saturated rings. The number of sulfonamides is 1. The first kappa shape index (κ1) is 23.0. The van der Waals surface area contributed by atoms with E-state index in [0.717, 1.165) is 49.4 Å². The number of rotatable bonds is 5. The van der Waals surface area contributed by atoms with E-state index in [1.165, 1.54) is 16.8 Å². The van der Waals surface area contributed by atoms with Crippen LogP contribution in [0.3, 0.4) is 0 Å². The van der Waals surface area contributed by atoms with Crippen LogP contribution < -0.4 is 4.90 Å². The van der Waals surface area contributed by atoms with Gasteiger partial charge in [-0.2, -0.15) is 9.29 Å². The Labute approximate surface area is 199 Å². The van der Waals surface area contributed by atoms with Crippen LogP contribution in [0.1, 0.15) is 60.7 Å². The average Bonchev–Trinajstić information content (AvgIpc) is 3.38. The number of hydrogen-bond acceptors (Lipinski definition) is 6. The van der Waals surface area contributed by atoms with E-state index >= 15 is 4.39 Å². The third-order valence-electron chi connectivity index (χ3n) is 7.16. The fourth-order valence-electron chi connectivity index (χ4n) is 5.14. The molecule has 0 radical (unpaired) electrons. The van der Waals surface area contributed by atoms with Gasteiger partial charge in [0.15, 0.2) is 5.82 Å². The first-order valence-electron chi connectivity index (χ1n) is 11.8. The topological polar surface area (TPSA) is 79.5 Å². The van der Waals surface area contributed by atoms with Crippen LogP contribution in [0.5, 0.6) is 0 Å². The zero-order valence-corrected chi connectivity index (χ0v) is 20.0. The lowest BCUT2D eigenvalue weighted by Crippen LogP contribution is -2.44. The molecule has 7 nitrogen and oxygen atoms in total. The van der Waals surface area contributed by atoms with Gasteiger partial charge in [0.05, 0.1) is 0 Å². The summed E-state index contributed by atoms with van der Waals surface area (Å²) in [5, 5.41) is 3.35. The lowest BCUT2D eigenvalue weighted by molar-refractivity contribution is 0.279. The lowest BCUT2D eigenvalue weighted by Gasteiger charge is -2.37. The van der Waals surface area contributed by atoms with E-state index in [1.807, 2.05) is 43.3 Å². The predicted octanol–water partition coefficient (Wildman–Crippen LogP) is 4.65. The van der Waals surface area contributed by atoms with Crippen molar-refractivity contribution in [3.63, 3.8) is 0 Å². The van der Waals surface area contributed by atoms with Crippen molar-refractivity contribution >= 4 is 15.7 Å². The molecule has 1 unspecified atom stereocenters. The quantitative estimate of drug-likeness (QED) is 0.525. The van der Waals surface area contributed by atoms with E-state index in [4.69, 9.17) is 4.52 Å². The number of aromatic nitrogens is 2. The summed E-state index contributed by atoms with van der Waals surface area (Å²) in [6.45, 7) is 3.49. The van der Waals surface area contributed by atoms with Crippen LogP contribution in [0.2, 0.25) is 0 Å². The molecule has 0 saturated carbocycles. The second-order valence-corrected chi connectivity index (χ2v) is 11.3. The Morgan fingerprint density at radius 2 is 1.82 bits per heavy atom. The minimum Gasteiger partial charge on any atom is -0.371 e. The summed E-state index contributed by atoms with van der Waals surface area (Å²) in [4.78, 5) is 6.30. The lowest BCUT2D eigenvalue weighted by atomic mass is 9.95. The maximum Gasteiger partial charge on any atom is 0.221 e. The molecular formula is C25H29FN4O3S. The number of piperidine rings is 1. The van der Waals surface area contributed by atoms with Crippen molar-refractivity contribution in [3.8, 4) is 0 Å². The van der Waals surface area contributed by atoms with Gasteiger partial charge in [-0.15, -0.1) is 0 Å². The molecule has 3 heterocycles. The molecular weight excluding hydrogens is 455 g/mol. The molecule has 0 N–H and O–H groups in total. The van der Waals surface area contributed by atoms with Crippen molar-refractivity contribution in [3.05, 3.63) is 77.7 Å². The normalized spacial score (nSPS) is 23.8. The summed E-state index contributed by atoms with van der Waals surface area (Å²) in [6, 6.07) is 14.3. The number of anilines is 1. The zero-order valence-electron chi connectivity index (χ0n) is 19.2. The Morgan fingerprint density at radius 3 is 2.50 bits per heavy atom. The maximum atomic E-state index is 15.2. The Balaban J connectivity index is 1.30. The highest BCUT2D eigenvalue weighted by atomic mass is 32.2. The van der Waals surface area contributed by atoms with E-state index in [9.17, 15) is 8.42 Å². The van der Waals surface area contributed by atoms with Crippen LogP contribution in [-0.2, 0) is 16.6 Å². The summed E-state index contributed by atoms with van der Waals surface area (Å²) in [7, 11) is -3.60. The first-order chi connectivity index (χ1) is 16.4. The molecule has 34 heavy (non-hydrogen) atoms. The van der Waals surface area contributed by atoms with E-state index in [0.29, 0.717) is 12.0 Å². The smallest absolute Gasteiger partial charge is 0.221 e. The van der Waals surface area contributed by atoms with Gasteiger partial charge >= 0.3 is 0 Å². The second kappa shape index (κ2) is 9.46. The Kier molecular flexibility index (Phi) is 6.40. The van der Waals surface area contributed by atoms with E-state index in [2.05, 4.69) is 15.0 Å². The van der Waals surface area contributed by atoms with Crippen molar-refractivity contribution in [2.24, 2.45) is 0 Å². The van der Waals surface area contributed by atoms with E-state index in [-0.39, 0.29) is 24.3 Å². The Bertz CT molecular complexity index is 1210. The van der Waals surface area contributed by atoms with Crippen LogP contribution in [0.4, 0.5) is 10.1 Å². The van der Waals surface area contributed by atoms with Gasteiger partial charge in [0, 0.05) is 42.8 Å². The SMILES string of the molecule is C[C@H]1CCC(c2ccccc2)S(=O)(=O)N1Cc1ccc(N2CCC(c3ncon3)CC2)cc1F.